The van der Waals surface area contributed by atoms with Crippen LogP contribution in [0.2, 0.25) is 0 Å². The van der Waals surface area contributed by atoms with E-state index < -0.39 is 4.92 Å². The molecule has 1 amide bonds. The van der Waals surface area contributed by atoms with Gasteiger partial charge in [0.15, 0.2) is 0 Å². The number of nitrogens with zero attached hydrogens (tertiary/aromatic N) is 1. The number of thiophene rings is 1. The molecule has 1 N–H and O–H groups in total. The van der Waals surface area contributed by atoms with Gasteiger partial charge in [-0.1, -0.05) is 19.9 Å². The Hall–Kier alpha value is -2.21. The first-order valence-corrected chi connectivity index (χ1v) is 7.87. The molecule has 2 aromatic rings. The zero-order valence-corrected chi connectivity index (χ0v) is 13.5. The van der Waals surface area contributed by atoms with Crippen LogP contribution in [-0.2, 0) is 0 Å². The largest absolute Gasteiger partial charge is 0.344 e. The van der Waals surface area contributed by atoms with Crippen LogP contribution in [0.1, 0.15) is 40.7 Å². The highest BCUT2D eigenvalue weighted by atomic mass is 32.1. The van der Waals surface area contributed by atoms with Crippen molar-refractivity contribution in [1.82, 2.24) is 5.32 Å². The Kier molecular flexibility index (Phi) is 4.92. The minimum Gasteiger partial charge on any atom is -0.344 e. The molecule has 1 heterocycles. The Morgan fingerprint density at radius 3 is 2.55 bits per heavy atom. The molecule has 0 radical (unpaired) electrons. The zero-order valence-electron chi connectivity index (χ0n) is 12.7. The van der Waals surface area contributed by atoms with E-state index in [4.69, 9.17) is 0 Å². The van der Waals surface area contributed by atoms with E-state index in [-0.39, 0.29) is 23.6 Å². The first-order valence-electron chi connectivity index (χ1n) is 6.99. The lowest BCUT2D eigenvalue weighted by Crippen LogP contribution is -2.31. The van der Waals surface area contributed by atoms with Crippen LogP contribution in [0.15, 0.2) is 35.7 Å². The summed E-state index contributed by atoms with van der Waals surface area (Å²) in [6.07, 6.45) is 0. The summed E-state index contributed by atoms with van der Waals surface area (Å²) in [6, 6.07) is 8.31. The van der Waals surface area contributed by atoms with E-state index in [2.05, 4.69) is 5.32 Å². The Balaban J connectivity index is 2.21. The van der Waals surface area contributed by atoms with Crippen LogP contribution < -0.4 is 5.32 Å². The summed E-state index contributed by atoms with van der Waals surface area (Å²) in [4.78, 5) is 23.9. The van der Waals surface area contributed by atoms with Crippen molar-refractivity contribution in [2.24, 2.45) is 5.92 Å². The van der Waals surface area contributed by atoms with E-state index in [1.807, 2.05) is 31.4 Å². The molecule has 0 aliphatic carbocycles. The van der Waals surface area contributed by atoms with Crippen molar-refractivity contribution in [3.63, 3.8) is 0 Å². The number of nitro groups is 1. The van der Waals surface area contributed by atoms with Gasteiger partial charge >= 0.3 is 0 Å². The van der Waals surface area contributed by atoms with Gasteiger partial charge in [-0.3, -0.25) is 14.9 Å². The second-order valence-electron chi connectivity index (χ2n) is 5.47. The topological polar surface area (TPSA) is 72.2 Å². The molecular formula is C16H18N2O3S. The van der Waals surface area contributed by atoms with Crippen LogP contribution in [0.4, 0.5) is 5.69 Å². The van der Waals surface area contributed by atoms with Crippen LogP contribution in [-0.4, -0.2) is 10.8 Å². The van der Waals surface area contributed by atoms with Crippen LogP contribution in [0.3, 0.4) is 0 Å². The van der Waals surface area contributed by atoms with Gasteiger partial charge in [-0.2, -0.15) is 0 Å². The predicted octanol–water partition coefficient (Wildman–Crippen LogP) is 4.09. The predicted molar refractivity (Wildman–Crippen MR) is 87.2 cm³/mol. The number of nitro benzene ring substituents is 1. The second-order valence-corrected chi connectivity index (χ2v) is 6.45. The summed E-state index contributed by atoms with van der Waals surface area (Å²) in [6.45, 7) is 5.73. The summed E-state index contributed by atoms with van der Waals surface area (Å²) >= 11 is 1.60. The van der Waals surface area contributed by atoms with Crippen molar-refractivity contribution in [3.05, 3.63) is 61.8 Å². The van der Waals surface area contributed by atoms with Gasteiger partial charge < -0.3 is 5.32 Å². The van der Waals surface area contributed by atoms with Gasteiger partial charge in [0, 0.05) is 22.1 Å². The molecule has 22 heavy (non-hydrogen) atoms. The van der Waals surface area contributed by atoms with Gasteiger partial charge in [0.05, 0.1) is 11.0 Å². The van der Waals surface area contributed by atoms with Gasteiger partial charge in [0.1, 0.15) is 0 Å². The van der Waals surface area contributed by atoms with Crippen LogP contribution in [0.25, 0.3) is 0 Å². The van der Waals surface area contributed by atoms with E-state index >= 15 is 0 Å². The summed E-state index contributed by atoms with van der Waals surface area (Å²) in [5.74, 6) is 0.0341. The molecule has 0 saturated carbocycles. The maximum absolute atomic E-state index is 12.4. The number of benzene rings is 1. The summed E-state index contributed by atoms with van der Waals surface area (Å²) in [5, 5.41) is 15.8. The fraction of sp³-hybridized carbons (Fsp3) is 0.312. The number of nitrogens with one attached hydrogen (secondary N) is 1. The molecular weight excluding hydrogens is 300 g/mol. The Morgan fingerprint density at radius 2 is 2.05 bits per heavy atom. The highest BCUT2D eigenvalue weighted by molar-refractivity contribution is 7.10. The molecule has 0 aliphatic rings. The molecule has 0 fully saturated rings. The fourth-order valence-electron chi connectivity index (χ4n) is 2.26. The van der Waals surface area contributed by atoms with E-state index in [0.717, 1.165) is 4.88 Å². The van der Waals surface area contributed by atoms with Crippen molar-refractivity contribution in [1.29, 1.82) is 0 Å². The Bertz CT molecular complexity index is 681. The third-order valence-electron chi connectivity index (χ3n) is 3.46. The standard InChI is InChI=1S/C16H18N2O3S/c1-10(2)15(14-5-4-8-22-14)17-16(19)12-6-7-13(18(20)21)11(3)9-12/h4-10,15H,1-3H3,(H,17,19)/t15-/m0/s1. The molecule has 5 nitrogen and oxygen atoms in total. The second kappa shape index (κ2) is 6.70. The first kappa shape index (κ1) is 16.2. The van der Waals surface area contributed by atoms with E-state index in [0.29, 0.717) is 11.1 Å². The molecule has 6 heteroatoms. The van der Waals surface area contributed by atoms with Gasteiger partial charge in [-0.05, 0) is 36.4 Å². The summed E-state index contributed by atoms with van der Waals surface area (Å²) in [5.41, 5.74) is 0.940. The van der Waals surface area contributed by atoms with Crippen molar-refractivity contribution in [2.45, 2.75) is 26.8 Å². The monoisotopic (exact) mass is 318 g/mol. The van der Waals surface area contributed by atoms with Crippen LogP contribution in [0, 0.1) is 23.0 Å². The lowest BCUT2D eigenvalue weighted by molar-refractivity contribution is -0.385. The zero-order chi connectivity index (χ0) is 16.3. The van der Waals surface area contributed by atoms with Gasteiger partial charge in [-0.25, -0.2) is 0 Å². The molecule has 0 saturated heterocycles. The highest BCUT2D eigenvalue weighted by Crippen LogP contribution is 2.26. The maximum atomic E-state index is 12.4. The number of carbonyl (C=O) groups is 1. The van der Waals surface area contributed by atoms with Gasteiger partial charge in [0.25, 0.3) is 11.6 Å². The van der Waals surface area contributed by atoms with Crippen LogP contribution >= 0.6 is 11.3 Å². The smallest absolute Gasteiger partial charge is 0.272 e. The number of carbonyl (C=O) groups excluding carboxylic acids is 1. The number of rotatable bonds is 5. The molecule has 0 spiro atoms. The molecule has 1 aromatic heterocycles. The number of hydrogen-bond acceptors (Lipinski definition) is 4. The molecule has 1 aromatic carbocycles. The fourth-order valence-corrected chi connectivity index (χ4v) is 3.21. The van der Waals surface area contributed by atoms with E-state index in [9.17, 15) is 14.9 Å². The normalized spacial score (nSPS) is 12.2. The third-order valence-corrected chi connectivity index (χ3v) is 4.41. The van der Waals surface area contributed by atoms with Crippen molar-refractivity contribution < 1.29 is 9.72 Å². The van der Waals surface area contributed by atoms with Crippen molar-refractivity contribution >= 4 is 22.9 Å². The number of hydrogen-bond donors (Lipinski definition) is 1. The average Bonchev–Trinajstić information content (AvgIpc) is 2.97. The summed E-state index contributed by atoms with van der Waals surface area (Å²) in [7, 11) is 0. The molecule has 0 bridgehead atoms. The number of amides is 1. The lowest BCUT2D eigenvalue weighted by atomic mass is 10.0. The minimum absolute atomic E-state index is 0.0233. The molecule has 1 atom stereocenters. The Morgan fingerprint density at radius 1 is 1.32 bits per heavy atom. The SMILES string of the molecule is Cc1cc(C(=O)N[C@H](c2cccs2)C(C)C)ccc1[N+](=O)[O-]. The number of aryl methyl sites for hydroxylation is 1. The van der Waals surface area contributed by atoms with Gasteiger partial charge in [-0.15, -0.1) is 11.3 Å². The van der Waals surface area contributed by atoms with Crippen molar-refractivity contribution in [2.75, 3.05) is 0 Å². The van der Waals surface area contributed by atoms with Gasteiger partial charge in [0.2, 0.25) is 0 Å². The average molecular weight is 318 g/mol. The maximum Gasteiger partial charge on any atom is 0.272 e. The lowest BCUT2D eigenvalue weighted by Gasteiger charge is -2.21. The molecule has 0 unspecified atom stereocenters. The van der Waals surface area contributed by atoms with E-state index in [1.54, 1.807) is 24.3 Å². The molecule has 116 valence electrons. The molecule has 2 rings (SSSR count). The first-order chi connectivity index (χ1) is 10.4. The quantitative estimate of drug-likeness (QED) is 0.666. The van der Waals surface area contributed by atoms with Crippen LogP contribution in [0.5, 0.6) is 0 Å². The minimum atomic E-state index is -0.445. The van der Waals surface area contributed by atoms with Crippen molar-refractivity contribution in [3.8, 4) is 0 Å². The summed E-state index contributed by atoms with van der Waals surface area (Å²) < 4.78 is 0. The Labute approximate surface area is 133 Å². The van der Waals surface area contributed by atoms with E-state index in [1.165, 1.54) is 12.1 Å². The molecule has 0 aliphatic heterocycles. The third kappa shape index (κ3) is 3.51. The highest BCUT2D eigenvalue weighted by Gasteiger charge is 2.21.